The van der Waals surface area contributed by atoms with E-state index in [1.807, 2.05) is 0 Å². The Morgan fingerprint density at radius 1 is 0.185 bits per heavy atom. The molecular weight excluding hydrogens is 1540 g/mol. The van der Waals surface area contributed by atoms with Gasteiger partial charge in [-0.3, -0.25) is 0 Å². The number of hydrogen-bond donors (Lipinski definition) is 4. The van der Waals surface area contributed by atoms with Gasteiger partial charge in [0.1, 0.15) is 69.3 Å². The summed E-state index contributed by atoms with van der Waals surface area (Å²) in [5, 5.41) is 0. The van der Waals surface area contributed by atoms with Crippen LogP contribution in [-0.2, 0) is 25.7 Å². The molecule has 0 spiro atoms. The maximum Gasteiger partial charge on any atom is 0.172 e. The van der Waals surface area contributed by atoms with Crippen molar-refractivity contribution in [1.29, 1.82) is 0 Å². The standard InChI is InChI=1S/C108H136N8O8/c1-9-17-21-25-29-33-37-41-45-49-105-109-81-57-97-98(58-82(81)110-105)118-90-66-92-76-54-74(90)69(13-5)73-53-75-70(14-6)77-55-79-72(16-8)80-56-78(71(76)15-7)94(122-102-62-86-84(60-100(102)120-92)112-107(114-86)51-47-43-39-35-31-27-23-19-11-3)68-96(80)124-104-64-88-87(115-108(116-88)52-48-44-40-36-32-28-24-20-12-4)63-103(104)123-95(79)67-93(77)121-101-61-85-83(59-99(101)119-91(75)65-89(73)117-97)111-106(113-85)50-46-42-38-34-30-26-22-18-10-2/h53-72H,9-52H2,1-8H3,(H,109,110)(H,111,113)(H,112,114)(H,115,116). The van der Waals surface area contributed by atoms with Gasteiger partial charge in [0.05, 0.1) is 44.1 Å². The van der Waals surface area contributed by atoms with Crippen molar-refractivity contribution in [3.63, 3.8) is 0 Å². The van der Waals surface area contributed by atoms with Crippen molar-refractivity contribution in [2.75, 3.05) is 0 Å². The van der Waals surface area contributed by atoms with Crippen LogP contribution in [0.25, 0.3) is 44.1 Å². The monoisotopic (exact) mass is 1670 g/mol. The van der Waals surface area contributed by atoms with E-state index in [0.29, 0.717) is 118 Å². The van der Waals surface area contributed by atoms with Crippen LogP contribution in [0.2, 0.25) is 0 Å². The summed E-state index contributed by atoms with van der Waals surface area (Å²) in [6, 6.07) is 34.9. The predicted molar refractivity (Wildman–Crippen MR) is 503 cm³/mol. The number of unbranched alkanes of at least 4 members (excludes halogenated alkanes) is 32. The molecule has 0 saturated heterocycles. The molecule has 0 saturated carbocycles. The smallest absolute Gasteiger partial charge is 0.172 e. The highest BCUT2D eigenvalue weighted by Crippen LogP contribution is 2.60. The molecule has 4 unspecified atom stereocenters. The van der Waals surface area contributed by atoms with Crippen LogP contribution in [0.5, 0.6) is 92.0 Å². The molecule has 17 rings (SSSR count). The van der Waals surface area contributed by atoms with E-state index in [2.05, 4.69) is 172 Å². The first-order chi connectivity index (χ1) is 61.1. The summed E-state index contributed by atoms with van der Waals surface area (Å²) in [4.78, 5) is 36.4. The summed E-state index contributed by atoms with van der Waals surface area (Å²) in [5.74, 6) is 12.2. The maximum absolute atomic E-state index is 7.70. The van der Waals surface area contributed by atoms with Crippen LogP contribution in [0.15, 0.2) is 97.1 Å². The van der Waals surface area contributed by atoms with E-state index in [1.165, 1.54) is 180 Å². The number of nitrogens with one attached hydrogen (secondary N) is 4. The molecule has 0 radical (unpaired) electrons. The molecule has 4 aromatic heterocycles. The van der Waals surface area contributed by atoms with Crippen LogP contribution in [0.4, 0.5) is 0 Å². The summed E-state index contributed by atoms with van der Waals surface area (Å²) in [6.45, 7) is 18.3. The fraction of sp³-hybridized carbons (Fsp3) is 0.519. The molecule has 5 aliphatic rings. The molecule has 656 valence electrons. The van der Waals surface area contributed by atoms with Gasteiger partial charge in [0.2, 0.25) is 0 Å². The topological polar surface area (TPSA) is 189 Å². The second kappa shape index (κ2) is 41.0. The van der Waals surface area contributed by atoms with Gasteiger partial charge < -0.3 is 57.8 Å². The van der Waals surface area contributed by atoms with Gasteiger partial charge in [0.15, 0.2) is 46.0 Å². The van der Waals surface area contributed by atoms with Crippen LogP contribution < -0.4 is 37.9 Å². The largest absolute Gasteiger partial charge is 0.453 e. The van der Waals surface area contributed by atoms with Crippen LogP contribution in [-0.4, -0.2) is 39.9 Å². The Kier molecular flexibility index (Phi) is 28.5. The summed E-state index contributed by atoms with van der Waals surface area (Å²) in [6.07, 6.45) is 51.3. The van der Waals surface area contributed by atoms with Gasteiger partial charge in [-0.1, -0.05) is 261 Å². The van der Waals surface area contributed by atoms with E-state index in [0.717, 1.165) is 189 Å². The molecule has 1 aliphatic carbocycles. The number of aromatic amines is 4. The average Bonchev–Trinajstić information content (AvgIpc) is 1.52. The molecule has 4 aliphatic heterocycles. The molecule has 124 heavy (non-hydrogen) atoms. The van der Waals surface area contributed by atoms with Gasteiger partial charge in [0, 0.05) is 167 Å². The molecule has 0 amide bonds. The van der Waals surface area contributed by atoms with Crippen molar-refractivity contribution in [3.05, 3.63) is 165 Å². The van der Waals surface area contributed by atoms with Crippen molar-refractivity contribution in [2.24, 2.45) is 0 Å². The van der Waals surface area contributed by atoms with Crippen molar-refractivity contribution in [1.82, 2.24) is 39.9 Å². The third-order valence-electron chi connectivity index (χ3n) is 27.4. The van der Waals surface area contributed by atoms with E-state index >= 15 is 0 Å². The highest BCUT2D eigenvalue weighted by Gasteiger charge is 2.39. The highest BCUT2D eigenvalue weighted by molar-refractivity contribution is 5.85. The molecule has 0 fully saturated rings. The van der Waals surface area contributed by atoms with Gasteiger partial charge in [0.25, 0.3) is 0 Å². The number of benzene rings is 8. The maximum atomic E-state index is 7.70. The number of aromatic nitrogens is 8. The predicted octanol–water partition coefficient (Wildman–Crippen LogP) is 33.6. The van der Waals surface area contributed by atoms with Crippen LogP contribution >= 0.6 is 0 Å². The van der Waals surface area contributed by atoms with Crippen molar-refractivity contribution < 1.29 is 37.9 Å². The normalized spacial score (nSPS) is 15.7. The third kappa shape index (κ3) is 19.5. The number of H-pyrrole nitrogens is 4. The van der Waals surface area contributed by atoms with Gasteiger partial charge in [-0.05, 0) is 75.6 Å². The van der Waals surface area contributed by atoms with Gasteiger partial charge in [-0.25, -0.2) is 19.9 Å². The number of aryl methyl sites for hydroxylation is 4. The minimum Gasteiger partial charge on any atom is -0.453 e. The van der Waals surface area contributed by atoms with E-state index < -0.39 is 0 Å². The molecule has 4 N–H and O–H groups in total. The minimum atomic E-state index is -0.294. The summed E-state index contributed by atoms with van der Waals surface area (Å²) >= 11 is 0. The minimum absolute atomic E-state index is 0.293. The summed E-state index contributed by atoms with van der Waals surface area (Å²) < 4.78 is 61.5. The first kappa shape index (κ1) is 86.2. The lowest BCUT2D eigenvalue weighted by Gasteiger charge is -2.29. The number of hydrogen-bond acceptors (Lipinski definition) is 12. The molecule has 8 aromatic carbocycles. The molecule has 16 nitrogen and oxygen atoms in total. The molecule has 4 atom stereocenters. The number of nitrogens with zero attached hydrogens (tertiary/aromatic N) is 4. The Labute approximate surface area is 736 Å². The number of fused-ring (bicyclic) bond motifs is 8. The van der Waals surface area contributed by atoms with Gasteiger partial charge >= 0.3 is 0 Å². The quantitative estimate of drug-likeness (QED) is 0.0265. The van der Waals surface area contributed by atoms with Crippen LogP contribution in [0.3, 0.4) is 0 Å². The first-order valence-corrected chi connectivity index (χ1v) is 49.3. The average molecular weight is 1670 g/mol. The lowest BCUT2D eigenvalue weighted by molar-refractivity contribution is 0.401. The first-order valence-electron chi connectivity index (χ1n) is 49.3. The molecular formula is C108H136N8O8. The molecule has 16 heteroatoms. The summed E-state index contributed by atoms with van der Waals surface area (Å²) in [7, 11) is 0. The van der Waals surface area contributed by atoms with Gasteiger partial charge in [-0.15, -0.1) is 0 Å². The van der Waals surface area contributed by atoms with Crippen molar-refractivity contribution in [3.8, 4) is 92.0 Å². The van der Waals surface area contributed by atoms with E-state index in [9.17, 15) is 0 Å². The lowest BCUT2D eigenvalue weighted by Crippen LogP contribution is -2.12. The molecule has 8 bridgehead atoms. The fourth-order valence-corrected chi connectivity index (χ4v) is 20.5. The zero-order chi connectivity index (χ0) is 84.8. The second-order valence-corrected chi connectivity index (χ2v) is 36.7. The third-order valence-corrected chi connectivity index (χ3v) is 27.4. The van der Waals surface area contributed by atoms with E-state index in [4.69, 9.17) is 57.8 Å². The lowest BCUT2D eigenvalue weighted by atomic mass is 9.77. The van der Waals surface area contributed by atoms with E-state index in [1.54, 1.807) is 0 Å². The van der Waals surface area contributed by atoms with Crippen molar-refractivity contribution in [2.45, 2.75) is 362 Å². The Morgan fingerprint density at radius 2 is 0.347 bits per heavy atom. The fourth-order valence-electron chi connectivity index (χ4n) is 20.5. The number of ether oxygens (including phenoxy) is 8. The Bertz CT molecular complexity index is 4700. The Hall–Kier alpha value is -9.96. The highest BCUT2D eigenvalue weighted by atomic mass is 16.5. The number of imidazole rings is 4. The molecule has 8 heterocycles. The number of rotatable bonds is 44. The summed E-state index contributed by atoms with van der Waals surface area (Å²) in [5.41, 5.74) is 14.7. The van der Waals surface area contributed by atoms with Crippen LogP contribution in [0, 0.1) is 0 Å². The van der Waals surface area contributed by atoms with Crippen LogP contribution in [0.1, 0.15) is 404 Å². The SMILES string of the molecule is CCCCCCCCCCCc1nc2cc3c(cc2[nH]1)Oc1cc2c4cc1C(CC)c1cc5c(cc1O3)Oc1cc3nc(CCCCCCCCCCC)[nH]c3cc1Oc1cc3c(cc1C5CC)C(CC)c1cc(c(cc1Oc1cc5nc(CCCCCCCCCCC)[nH]c5cc1O3)Oc1cc3[nH]c(CCCCCCCCCCC)nc3cc1O2)C4CC. The van der Waals surface area contributed by atoms with Crippen molar-refractivity contribution >= 4 is 44.1 Å². The van der Waals surface area contributed by atoms with E-state index in [-0.39, 0.29) is 23.7 Å². The zero-order valence-corrected chi connectivity index (χ0v) is 75.7. The Morgan fingerprint density at radius 3 is 0.516 bits per heavy atom. The molecule has 12 aromatic rings. The van der Waals surface area contributed by atoms with Gasteiger partial charge in [-0.2, -0.15) is 0 Å². The zero-order valence-electron chi connectivity index (χ0n) is 75.7. The second-order valence-electron chi connectivity index (χ2n) is 36.7. The Balaban J connectivity index is 0.849.